The molecule has 0 amide bonds. The summed E-state index contributed by atoms with van der Waals surface area (Å²) in [5, 5.41) is 0.888. The molecule has 0 saturated carbocycles. The molecule has 2 aromatic carbocycles. The van der Waals surface area contributed by atoms with Crippen LogP contribution in [-0.2, 0) is 18.3 Å². The largest absolute Gasteiger partial charge is 0.462 e. The van der Waals surface area contributed by atoms with Crippen molar-refractivity contribution in [3.63, 3.8) is 0 Å². The van der Waals surface area contributed by atoms with E-state index in [1.54, 1.807) is 13.0 Å². The first kappa shape index (κ1) is 21.4. The third-order valence-corrected chi connectivity index (χ3v) is 5.65. The van der Waals surface area contributed by atoms with Crippen LogP contribution < -0.4 is 11.2 Å². The van der Waals surface area contributed by atoms with Gasteiger partial charge < -0.3 is 9.15 Å². The summed E-state index contributed by atoms with van der Waals surface area (Å²) in [6.07, 6.45) is 0. The maximum Gasteiger partial charge on any atom is 0.339 e. The van der Waals surface area contributed by atoms with Gasteiger partial charge in [0.25, 0.3) is 5.56 Å². The van der Waals surface area contributed by atoms with Crippen LogP contribution >= 0.6 is 0 Å². The SMILES string of the molecule is CCOC(=O)c1cc(-c2cc3ccccc3o2)nc2c1c(=O)n(C)c(=O)n2Cc1ccccc1. The first-order chi connectivity index (χ1) is 16.5. The zero-order chi connectivity index (χ0) is 23.8. The Morgan fingerprint density at radius 3 is 2.50 bits per heavy atom. The number of benzene rings is 2. The fraction of sp³-hybridized carbons (Fsp3) is 0.154. The summed E-state index contributed by atoms with van der Waals surface area (Å²) in [6, 6.07) is 20.1. The van der Waals surface area contributed by atoms with Gasteiger partial charge in [-0.1, -0.05) is 48.5 Å². The number of nitrogens with zero attached hydrogens (tertiary/aromatic N) is 3. The molecule has 0 N–H and O–H groups in total. The second-order valence-corrected chi connectivity index (χ2v) is 7.84. The van der Waals surface area contributed by atoms with E-state index in [-0.39, 0.29) is 29.7 Å². The first-order valence-corrected chi connectivity index (χ1v) is 10.8. The van der Waals surface area contributed by atoms with Gasteiger partial charge in [0.15, 0.2) is 11.4 Å². The van der Waals surface area contributed by atoms with E-state index in [1.165, 1.54) is 17.7 Å². The second kappa shape index (κ2) is 8.47. The molecule has 170 valence electrons. The highest BCUT2D eigenvalue weighted by atomic mass is 16.5. The molecule has 3 heterocycles. The van der Waals surface area contributed by atoms with Gasteiger partial charge in [0.1, 0.15) is 11.3 Å². The van der Waals surface area contributed by atoms with E-state index in [0.29, 0.717) is 17.0 Å². The number of hydrogen-bond donors (Lipinski definition) is 0. The number of esters is 1. The molecule has 0 aliphatic carbocycles. The van der Waals surface area contributed by atoms with Crippen molar-refractivity contribution in [3.05, 3.63) is 98.7 Å². The second-order valence-electron chi connectivity index (χ2n) is 7.84. The van der Waals surface area contributed by atoms with E-state index in [4.69, 9.17) is 9.15 Å². The van der Waals surface area contributed by atoms with Crippen LogP contribution in [0, 0.1) is 0 Å². The maximum atomic E-state index is 13.2. The average Bonchev–Trinajstić information content (AvgIpc) is 3.30. The van der Waals surface area contributed by atoms with Crippen molar-refractivity contribution >= 4 is 28.0 Å². The highest BCUT2D eigenvalue weighted by molar-refractivity contribution is 6.03. The van der Waals surface area contributed by atoms with Gasteiger partial charge in [0.05, 0.1) is 24.1 Å². The molecule has 3 aromatic heterocycles. The molecule has 5 rings (SSSR count). The van der Waals surface area contributed by atoms with Gasteiger partial charge in [-0.05, 0) is 30.7 Å². The van der Waals surface area contributed by atoms with Gasteiger partial charge in [0, 0.05) is 12.4 Å². The van der Waals surface area contributed by atoms with Crippen LogP contribution in [-0.4, -0.2) is 26.7 Å². The lowest BCUT2D eigenvalue weighted by atomic mass is 10.1. The van der Waals surface area contributed by atoms with Crippen LogP contribution in [0.4, 0.5) is 0 Å². The molecule has 8 nitrogen and oxygen atoms in total. The van der Waals surface area contributed by atoms with Gasteiger partial charge in [0.2, 0.25) is 0 Å². The van der Waals surface area contributed by atoms with Crippen LogP contribution in [0.3, 0.4) is 0 Å². The van der Waals surface area contributed by atoms with Gasteiger partial charge in [-0.15, -0.1) is 0 Å². The molecular formula is C26H21N3O5. The lowest BCUT2D eigenvalue weighted by molar-refractivity contribution is 0.0528. The van der Waals surface area contributed by atoms with Gasteiger partial charge >= 0.3 is 11.7 Å². The molecule has 0 bridgehead atoms. The number of hydrogen-bond acceptors (Lipinski definition) is 6. The molecule has 5 aromatic rings. The summed E-state index contributed by atoms with van der Waals surface area (Å²) >= 11 is 0. The number of furan rings is 1. The summed E-state index contributed by atoms with van der Waals surface area (Å²) in [7, 11) is 1.38. The van der Waals surface area contributed by atoms with E-state index >= 15 is 0 Å². The number of ether oxygens (including phenoxy) is 1. The Kier molecular flexibility index (Phi) is 5.33. The molecule has 0 saturated heterocycles. The fourth-order valence-electron chi connectivity index (χ4n) is 3.98. The normalized spacial score (nSPS) is 11.2. The van der Waals surface area contributed by atoms with Crippen molar-refractivity contribution in [3.8, 4) is 11.5 Å². The molecule has 0 radical (unpaired) electrons. The minimum atomic E-state index is -0.672. The van der Waals surface area contributed by atoms with Crippen molar-refractivity contribution < 1.29 is 13.9 Å². The predicted molar refractivity (Wildman–Crippen MR) is 128 cm³/mol. The lowest BCUT2D eigenvalue weighted by Crippen LogP contribution is -2.39. The van der Waals surface area contributed by atoms with Crippen molar-refractivity contribution in [1.29, 1.82) is 0 Å². The Labute approximate surface area is 193 Å². The van der Waals surface area contributed by atoms with E-state index < -0.39 is 17.2 Å². The fourth-order valence-corrected chi connectivity index (χ4v) is 3.98. The molecule has 0 unspecified atom stereocenters. The zero-order valence-electron chi connectivity index (χ0n) is 18.6. The number of rotatable bonds is 5. The minimum Gasteiger partial charge on any atom is -0.462 e. The minimum absolute atomic E-state index is 0.0244. The van der Waals surface area contributed by atoms with Gasteiger partial charge in [-0.3, -0.25) is 13.9 Å². The third-order valence-electron chi connectivity index (χ3n) is 5.65. The highest BCUT2D eigenvalue weighted by Gasteiger charge is 2.23. The van der Waals surface area contributed by atoms with E-state index in [2.05, 4.69) is 4.98 Å². The van der Waals surface area contributed by atoms with Crippen molar-refractivity contribution in [1.82, 2.24) is 14.1 Å². The molecule has 0 atom stereocenters. The molecule has 34 heavy (non-hydrogen) atoms. The Bertz CT molecular complexity index is 1630. The molecule has 0 spiro atoms. The number of pyridine rings is 1. The van der Waals surface area contributed by atoms with Crippen LogP contribution in [0.1, 0.15) is 22.8 Å². The summed E-state index contributed by atoms with van der Waals surface area (Å²) in [5.41, 5.74) is 0.797. The molecule has 0 aliphatic heterocycles. The summed E-state index contributed by atoms with van der Waals surface area (Å²) in [4.78, 5) is 43.9. The van der Waals surface area contributed by atoms with E-state index in [9.17, 15) is 14.4 Å². The molecule has 0 aliphatic rings. The van der Waals surface area contributed by atoms with E-state index in [1.807, 2.05) is 54.6 Å². The highest BCUT2D eigenvalue weighted by Crippen LogP contribution is 2.29. The standard InChI is InChI=1S/C26H21N3O5/c1-3-33-25(31)18-14-19(21-13-17-11-7-8-12-20(17)34-21)27-23-22(18)24(30)28(2)26(32)29(23)15-16-9-5-4-6-10-16/h4-14H,3,15H2,1-2H3. The Morgan fingerprint density at radius 2 is 1.76 bits per heavy atom. The quantitative estimate of drug-likeness (QED) is 0.375. The summed E-state index contributed by atoms with van der Waals surface area (Å²) in [6.45, 7) is 1.99. The predicted octanol–water partition coefficient (Wildman–Crippen LogP) is 3.73. The monoisotopic (exact) mass is 455 g/mol. The van der Waals surface area contributed by atoms with Crippen molar-refractivity contribution in [2.45, 2.75) is 13.5 Å². The Morgan fingerprint density at radius 1 is 1.03 bits per heavy atom. The first-order valence-electron chi connectivity index (χ1n) is 10.8. The average molecular weight is 455 g/mol. The third kappa shape index (κ3) is 3.59. The van der Waals surface area contributed by atoms with Crippen LogP contribution in [0.5, 0.6) is 0 Å². The summed E-state index contributed by atoms with van der Waals surface area (Å²) < 4.78 is 13.6. The van der Waals surface area contributed by atoms with Crippen molar-refractivity contribution in [2.24, 2.45) is 7.05 Å². The number of carbonyl (C=O) groups excluding carboxylic acids is 1. The Balaban J connectivity index is 1.85. The number of aromatic nitrogens is 3. The van der Waals surface area contributed by atoms with Crippen LogP contribution in [0.2, 0.25) is 0 Å². The number of carbonyl (C=O) groups is 1. The molecule has 0 fully saturated rings. The van der Waals surface area contributed by atoms with Crippen LogP contribution in [0.25, 0.3) is 33.5 Å². The van der Waals surface area contributed by atoms with Crippen LogP contribution in [0.15, 0.2) is 80.7 Å². The number of para-hydroxylation sites is 1. The smallest absolute Gasteiger partial charge is 0.339 e. The van der Waals surface area contributed by atoms with Gasteiger partial charge in [-0.25, -0.2) is 14.6 Å². The zero-order valence-corrected chi connectivity index (χ0v) is 18.6. The van der Waals surface area contributed by atoms with Gasteiger partial charge in [-0.2, -0.15) is 0 Å². The summed E-state index contributed by atoms with van der Waals surface area (Å²) in [5.74, 6) is -0.262. The van der Waals surface area contributed by atoms with Crippen molar-refractivity contribution in [2.75, 3.05) is 6.61 Å². The number of fused-ring (bicyclic) bond motifs is 2. The topological polar surface area (TPSA) is 96.3 Å². The van der Waals surface area contributed by atoms with E-state index in [0.717, 1.165) is 15.5 Å². The maximum absolute atomic E-state index is 13.2. The molecular weight excluding hydrogens is 434 g/mol. The molecule has 8 heteroatoms. The lowest BCUT2D eigenvalue weighted by Gasteiger charge is -2.14. The Hall–Kier alpha value is -4.46.